The van der Waals surface area contributed by atoms with Gasteiger partial charge in [-0.15, -0.1) is 0 Å². The zero-order valence-corrected chi connectivity index (χ0v) is 8.95. The van der Waals surface area contributed by atoms with E-state index in [0.717, 1.165) is 0 Å². The van der Waals surface area contributed by atoms with Crippen molar-refractivity contribution >= 4 is 23.3 Å². The van der Waals surface area contributed by atoms with Gasteiger partial charge in [-0.05, 0) is 31.2 Å². The van der Waals surface area contributed by atoms with Crippen LogP contribution in [-0.4, -0.2) is 22.8 Å². The SMILES string of the molecule is CCN(O)C(=O)NNc1ccc(Cl)cc1. The summed E-state index contributed by atoms with van der Waals surface area (Å²) >= 11 is 5.68. The van der Waals surface area contributed by atoms with E-state index in [2.05, 4.69) is 10.9 Å². The number of carbonyl (C=O) groups is 1. The molecule has 3 N–H and O–H groups in total. The van der Waals surface area contributed by atoms with Crippen LogP contribution in [0.5, 0.6) is 0 Å². The number of anilines is 1. The highest BCUT2D eigenvalue weighted by Gasteiger charge is 2.06. The number of urea groups is 1. The standard InChI is InChI=1S/C9H12ClN3O2/c1-2-13(15)9(14)12-11-8-5-3-7(10)4-6-8/h3-6,11,15H,2H2,1H3,(H,12,14). The minimum Gasteiger partial charge on any atom is -0.297 e. The zero-order valence-electron chi connectivity index (χ0n) is 8.20. The largest absolute Gasteiger partial charge is 0.359 e. The Kier molecular flexibility index (Phi) is 4.20. The summed E-state index contributed by atoms with van der Waals surface area (Å²) in [6.07, 6.45) is 0. The second-order valence-corrected chi connectivity index (χ2v) is 3.21. The van der Waals surface area contributed by atoms with E-state index in [9.17, 15) is 4.79 Å². The maximum atomic E-state index is 11.1. The molecule has 0 aliphatic rings. The normalized spacial score (nSPS) is 9.53. The van der Waals surface area contributed by atoms with Gasteiger partial charge in [-0.2, -0.15) is 0 Å². The lowest BCUT2D eigenvalue weighted by atomic mass is 10.3. The molecule has 0 bridgehead atoms. The summed E-state index contributed by atoms with van der Waals surface area (Å²) in [5.41, 5.74) is 5.62. The van der Waals surface area contributed by atoms with E-state index < -0.39 is 6.03 Å². The Balaban J connectivity index is 2.43. The van der Waals surface area contributed by atoms with Crippen LogP contribution in [0.1, 0.15) is 6.92 Å². The van der Waals surface area contributed by atoms with Crippen molar-refractivity contribution in [1.29, 1.82) is 0 Å². The van der Waals surface area contributed by atoms with Gasteiger partial charge in [0.25, 0.3) is 0 Å². The number of hydroxylamine groups is 2. The minimum absolute atomic E-state index is 0.216. The zero-order chi connectivity index (χ0) is 11.3. The van der Waals surface area contributed by atoms with Gasteiger partial charge in [0.2, 0.25) is 0 Å². The van der Waals surface area contributed by atoms with Gasteiger partial charge in [-0.1, -0.05) is 11.6 Å². The number of hydrogen-bond donors (Lipinski definition) is 3. The van der Waals surface area contributed by atoms with Crippen molar-refractivity contribution in [3.05, 3.63) is 29.3 Å². The van der Waals surface area contributed by atoms with Crippen molar-refractivity contribution in [2.45, 2.75) is 6.92 Å². The summed E-state index contributed by atoms with van der Waals surface area (Å²) in [6, 6.07) is 6.17. The van der Waals surface area contributed by atoms with Crippen molar-refractivity contribution in [3.63, 3.8) is 0 Å². The second kappa shape index (κ2) is 5.43. The molecule has 0 fully saturated rings. The van der Waals surface area contributed by atoms with E-state index in [1.807, 2.05) is 0 Å². The highest BCUT2D eigenvalue weighted by Crippen LogP contribution is 2.12. The molecule has 1 rings (SSSR count). The lowest BCUT2D eigenvalue weighted by Gasteiger charge is -2.14. The highest BCUT2D eigenvalue weighted by atomic mass is 35.5. The van der Waals surface area contributed by atoms with Crippen LogP contribution in [0, 0.1) is 0 Å². The van der Waals surface area contributed by atoms with Gasteiger partial charge < -0.3 is 0 Å². The summed E-state index contributed by atoms with van der Waals surface area (Å²) in [7, 11) is 0. The van der Waals surface area contributed by atoms with E-state index in [1.54, 1.807) is 31.2 Å². The molecule has 0 heterocycles. The fourth-order valence-corrected chi connectivity index (χ4v) is 0.993. The molecule has 5 nitrogen and oxygen atoms in total. The number of hydrogen-bond acceptors (Lipinski definition) is 3. The van der Waals surface area contributed by atoms with Gasteiger partial charge in [0.1, 0.15) is 0 Å². The molecule has 15 heavy (non-hydrogen) atoms. The Labute approximate surface area is 92.6 Å². The molecule has 0 aliphatic carbocycles. The molecule has 82 valence electrons. The molecule has 0 unspecified atom stereocenters. The van der Waals surface area contributed by atoms with Gasteiger partial charge in [0.05, 0.1) is 5.69 Å². The van der Waals surface area contributed by atoms with Gasteiger partial charge in [0, 0.05) is 11.6 Å². The third-order valence-corrected chi connectivity index (χ3v) is 1.94. The molecule has 0 aliphatic heterocycles. The molecule has 6 heteroatoms. The van der Waals surface area contributed by atoms with E-state index in [0.29, 0.717) is 15.8 Å². The monoisotopic (exact) mass is 229 g/mol. The van der Waals surface area contributed by atoms with Crippen LogP contribution in [0.3, 0.4) is 0 Å². The molecule has 0 atom stereocenters. The maximum absolute atomic E-state index is 11.1. The Morgan fingerprint density at radius 3 is 2.60 bits per heavy atom. The average Bonchev–Trinajstić information content (AvgIpc) is 2.26. The van der Waals surface area contributed by atoms with Crippen LogP contribution in [0.25, 0.3) is 0 Å². The summed E-state index contributed by atoms with van der Waals surface area (Å²) in [5, 5.41) is 10.2. The number of carbonyl (C=O) groups excluding carboxylic acids is 1. The highest BCUT2D eigenvalue weighted by molar-refractivity contribution is 6.30. The molecule has 0 saturated heterocycles. The maximum Gasteiger partial charge on any atom is 0.359 e. The number of hydrazine groups is 1. The molecule has 0 radical (unpaired) electrons. The number of halogens is 1. The third-order valence-electron chi connectivity index (χ3n) is 1.69. The Morgan fingerprint density at radius 1 is 1.47 bits per heavy atom. The number of amides is 2. The average molecular weight is 230 g/mol. The minimum atomic E-state index is -0.618. The molecular formula is C9H12ClN3O2. The van der Waals surface area contributed by atoms with Crippen molar-refractivity contribution in [2.75, 3.05) is 12.0 Å². The van der Waals surface area contributed by atoms with Gasteiger partial charge in [0.15, 0.2) is 0 Å². The first-order valence-electron chi connectivity index (χ1n) is 4.41. The lowest BCUT2D eigenvalue weighted by Crippen LogP contribution is -2.40. The third kappa shape index (κ3) is 3.65. The smallest absolute Gasteiger partial charge is 0.297 e. The van der Waals surface area contributed by atoms with Crippen molar-refractivity contribution in [2.24, 2.45) is 0 Å². The molecule has 2 amide bonds. The molecule has 1 aromatic carbocycles. The van der Waals surface area contributed by atoms with E-state index in [-0.39, 0.29) is 6.54 Å². The first-order valence-corrected chi connectivity index (χ1v) is 4.79. The van der Waals surface area contributed by atoms with Crippen molar-refractivity contribution in [3.8, 4) is 0 Å². The first kappa shape index (κ1) is 11.6. The predicted octanol–water partition coefficient (Wildman–Crippen LogP) is 2.09. The van der Waals surface area contributed by atoms with Crippen LogP contribution in [-0.2, 0) is 0 Å². The molecule has 0 spiro atoms. The van der Waals surface area contributed by atoms with Gasteiger partial charge >= 0.3 is 6.03 Å². The van der Waals surface area contributed by atoms with Crippen LogP contribution < -0.4 is 10.9 Å². The van der Waals surface area contributed by atoms with Gasteiger partial charge in [-0.3, -0.25) is 10.6 Å². The Morgan fingerprint density at radius 2 is 2.07 bits per heavy atom. The van der Waals surface area contributed by atoms with E-state index >= 15 is 0 Å². The fraction of sp³-hybridized carbons (Fsp3) is 0.222. The second-order valence-electron chi connectivity index (χ2n) is 2.78. The van der Waals surface area contributed by atoms with Crippen molar-refractivity contribution < 1.29 is 10.0 Å². The number of benzene rings is 1. The van der Waals surface area contributed by atoms with E-state index in [4.69, 9.17) is 16.8 Å². The van der Waals surface area contributed by atoms with Crippen molar-refractivity contribution in [1.82, 2.24) is 10.5 Å². The van der Waals surface area contributed by atoms with Gasteiger partial charge in [-0.25, -0.2) is 15.3 Å². The number of nitrogens with one attached hydrogen (secondary N) is 2. The molecular weight excluding hydrogens is 218 g/mol. The Hall–Kier alpha value is -1.46. The predicted molar refractivity (Wildman–Crippen MR) is 57.8 cm³/mol. The van der Waals surface area contributed by atoms with Crippen LogP contribution in [0.4, 0.5) is 10.5 Å². The number of rotatable bonds is 3. The summed E-state index contributed by atoms with van der Waals surface area (Å²) in [4.78, 5) is 11.1. The summed E-state index contributed by atoms with van der Waals surface area (Å²) in [5.74, 6) is 0. The first-order chi connectivity index (χ1) is 7.13. The lowest BCUT2D eigenvalue weighted by molar-refractivity contribution is -0.0377. The molecule has 0 aromatic heterocycles. The van der Waals surface area contributed by atoms with E-state index in [1.165, 1.54) is 0 Å². The van der Waals surface area contributed by atoms with Crippen LogP contribution in [0.15, 0.2) is 24.3 Å². The summed E-state index contributed by atoms with van der Waals surface area (Å²) in [6.45, 7) is 1.87. The molecule has 0 saturated carbocycles. The summed E-state index contributed by atoms with van der Waals surface area (Å²) < 4.78 is 0. The van der Waals surface area contributed by atoms with Crippen LogP contribution in [0.2, 0.25) is 5.02 Å². The fourth-order valence-electron chi connectivity index (χ4n) is 0.867. The quantitative estimate of drug-likeness (QED) is 0.549. The molecule has 1 aromatic rings. The number of nitrogens with zero attached hydrogens (tertiary/aromatic N) is 1. The van der Waals surface area contributed by atoms with Crippen LogP contribution >= 0.6 is 11.6 Å². The Bertz CT molecular complexity index is 329. The topological polar surface area (TPSA) is 64.6 Å².